The predicted octanol–water partition coefficient (Wildman–Crippen LogP) is 1.25. The number of benzene rings is 1. The number of nitrogens with two attached hydrogens (primary N) is 1. The van der Waals surface area contributed by atoms with E-state index in [1.807, 2.05) is 4.90 Å². The molecule has 0 radical (unpaired) electrons. The van der Waals surface area contributed by atoms with Crippen LogP contribution in [-0.4, -0.2) is 37.0 Å². The van der Waals surface area contributed by atoms with Crippen molar-refractivity contribution in [1.82, 2.24) is 10.2 Å². The summed E-state index contributed by atoms with van der Waals surface area (Å²) in [4.78, 5) is 13.9. The fourth-order valence-electron chi connectivity index (χ4n) is 2.66. The number of nitrogens with zero attached hydrogens (tertiary/aromatic N) is 1. The molecule has 1 heterocycles. The molecule has 1 aromatic carbocycles. The summed E-state index contributed by atoms with van der Waals surface area (Å²) in [7, 11) is 0. The molecule has 1 aliphatic heterocycles. The fourth-order valence-corrected chi connectivity index (χ4v) is 2.66. The Morgan fingerprint density at radius 1 is 1.38 bits per heavy atom. The van der Waals surface area contributed by atoms with Gasteiger partial charge in [-0.15, -0.1) is 0 Å². The first-order chi connectivity index (χ1) is 10.1. The van der Waals surface area contributed by atoms with Crippen LogP contribution in [-0.2, 0) is 11.3 Å². The second-order valence-electron chi connectivity index (χ2n) is 5.35. The van der Waals surface area contributed by atoms with Gasteiger partial charge in [0.15, 0.2) is 0 Å². The molecule has 116 valence electrons. The molecule has 0 aromatic heterocycles. The largest absolute Gasteiger partial charge is 0.355 e. The lowest BCUT2D eigenvalue weighted by molar-refractivity contribution is -0.126. The lowest BCUT2D eigenvalue weighted by Gasteiger charge is -2.32. The van der Waals surface area contributed by atoms with Crippen LogP contribution in [0.1, 0.15) is 18.4 Å². The zero-order valence-electron chi connectivity index (χ0n) is 11.9. The number of carbonyl (C=O) groups excluding carboxylic acids is 1. The standard InChI is InChI=1S/C15H21F2N3O/c16-13-4-1-5-14(17)12(13)10-20-8-2-3-11(9-20)15(21)19-7-6-18/h1,4-5,11H,2-3,6-10,18H2,(H,19,21). The van der Waals surface area contributed by atoms with E-state index in [9.17, 15) is 13.6 Å². The lowest BCUT2D eigenvalue weighted by Crippen LogP contribution is -2.43. The molecule has 1 fully saturated rings. The molecule has 1 atom stereocenters. The van der Waals surface area contributed by atoms with E-state index < -0.39 is 11.6 Å². The van der Waals surface area contributed by atoms with Crippen LogP contribution >= 0.6 is 0 Å². The molecule has 0 bridgehead atoms. The third kappa shape index (κ3) is 4.22. The smallest absolute Gasteiger partial charge is 0.224 e. The number of hydrogen-bond donors (Lipinski definition) is 2. The normalized spacial score (nSPS) is 19.5. The van der Waals surface area contributed by atoms with Crippen molar-refractivity contribution in [3.8, 4) is 0 Å². The molecular weight excluding hydrogens is 276 g/mol. The maximum absolute atomic E-state index is 13.7. The van der Waals surface area contributed by atoms with Gasteiger partial charge in [0.1, 0.15) is 11.6 Å². The van der Waals surface area contributed by atoms with Gasteiger partial charge >= 0.3 is 0 Å². The lowest BCUT2D eigenvalue weighted by atomic mass is 9.96. The Hall–Kier alpha value is -1.53. The van der Waals surface area contributed by atoms with Crippen molar-refractivity contribution in [2.45, 2.75) is 19.4 Å². The van der Waals surface area contributed by atoms with E-state index in [1.54, 1.807) is 0 Å². The van der Waals surface area contributed by atoms with Crippen LogP contribution < -0.4 is 11.1 Å². The predicted molar refractivity (Wildman–Crippen MR) is 76.4 cm³/mol. The number of rotatable bonds is 5. The van der Waals surface area contributed by atoms with Gasteiger partial charge < -0.3 is 11.1 Å². The minimum atomic E-state index is -0.537. The highest BCUT2D eigenvalue weighted by atomic mass is 19.1. The summed E-state index contributed by atoms with van der Waals surface area (Å²) in [5, 5.41) is 2.77. The zero-order chi connectivity index (χ0) is 15.2. The summed E-state index contributed by atoms with van der Waals surface area (Å²) < 4.78 is 27.3. The quantitative estimate of drug-likeness (QED) is 0.860. The monoisotopic (exact) mass is 297 g/mol. The van der Waals surface area contributed by atoms with Gasteiger partial charge in [0.2, 0.25) is 5.91 Å². The van der Waals surface area contributed by atoms with Crippen LogP contribution in [0.3, 0.4) is 0 Å². The molecule has 21 heavy (non-hydrogen) atoms. The van der Waals surface area contributed by atoms with E-state index in [2.05, 4.69) is 5.32 Å². The van der Waals surface area contributed by atoms with Crippen molar-refractivity contribution < 1.29 is 13.6 Å². The summed E-state index contributed by atoms with van der Waals surface area (Å²) >= 11 is 0. The van der Waals surface area contributed by atoms with Crippen LogP contribution in [0, 0.1) is 17.6 Å². The minimum absolute atomic E-state index is 0.0286. The minimum Gasteiger partial charge on any atom is -0.355 e. The Morgan fingerprint density at radius 2 is 2.10 bits per heavy atom. The molecule has 1 unspecified atom stereocenters. The Morgan fingerprint density at radius 3 is 2.76 bits per heavy atom. The highest BCUT2D eigenvalue weighted by molar-refractivity contribution is 5.78. The molecule has 1 aromatic rings. The zero-order valence-corrected chi connectivity index (χ0v) is 11.9. The van der Waals surface area contributed by atoms with Crippen molar-refractivity contribution in [2.75, 3.05) is 26.2 Å². The van der Waals surface area contributed by atoms with Gasteiger partial charge in [0.05, 0.1) is 5.92 Å². The second-order valence-corrected chi connectivity index (χ2v) is 5.35. The third-order valence-electron chi connectivity index (χ3n) is 3.76. The number of carbonyl (C=O) groups is 1. The van der Waals surface area contributed by atoms with Crippen molar-refractivity contribution >= 4 is 5.91 Å². The molecule has 3 N–H and O–H groups in total. The van der Waals surface area contributed by atoms with Gasteiger partial charge in [0.25, 0.3) is 0 Å². The molecule has 1 aliphatic rings. The summed E-state index contributed by atoms with van der Waals surface area (Å²) in [6.07, 6.45) is 1.64. The topological polar surface area (TPSA) is 58.4 Å². The van der Waals surface area contributed by atoms with Crippen molar-refractivity contribution in [3.05, 3.63) is 35.4 Å². The molecule has 1 saturated heterocycles. The van der Waals surface area contributed by atoms with Crippen LogP contribution in [0.25, 0.3) is 0 Å². The molecule has 0 spiro atoms. The fraction of sp³-hybridized carbons (Fsp3) is 0.533. The molecule has 6 heteroatoms. The van der Waals surface area contributed by atoms with Crippen LogP contribution in [0.15, 0.2) is 18.2 Å². The number of hydrogen-bond acceptors (Lipinski definition) is 3. The first-order valence-electron chi connectivity index (χ1n) is 7.25. The second kappa shape index (κ2) is 7.47. The van der Waals surface area contributed by atoms with Gasteiger partial charge in [-0.2, -0.15) is 0 Å². The molecule has 2 rings (SSSR count). The summed E-state index contributed by atoms with van der Waals surface area (Å²) in [5.74, 6) is -1.24. The van der Waals surface area contributed by atoms with Crippen LogP contribution in [0.4, 0.5) is 8.78 Å². The molecule has 0 aliphatic carbocycles. The van der Waals surface area contributed by atoms with E-state index in [0.29, 0.717) is 19.6 Å². The van der Waals surface area contributed by atoms with E-state index in [4.69, 9.17) is 5.73 Å². The molecule has 0 saturated carbocycles. The van der Waals surface area contributed by atoms with E-state index in [-0.39, 0.29) is 23.9 Å². The Labute approximate surface area is 123 Å². The van der Waals surface area contributed by atoms with E-state index >= 15 is 0 Å². The first-order valence-corrected chi connectivity index (χ1v) is 7.25. The van der Waals surface area contributed by atoms with Gasteiger partial charge in [0, 0.05) is 31.7 Å². The number of likely N-dealkylation sites (tertiary alicyclic amines) is 1. The number of piperidine rings is 1. The maximum Gasteiger partial charge on any atom is 0.224 e. The molecule has 1 amide bonds. The summed E-state index contributed by atoms with van der Waals surface area (Å²) in [6, 6.07) is 3.87. The van der Waals surface area contributed by atoms with Crippen LogP contribution in [0.2, 0.25) is 0 Å². The number of amides is 1. The molecule has 4 nitrogen and oxygen atoms in total. The SMILES string of the molecule is NCCNC(=O)C1CCCN(Cc2c(F)cccc2F)C1. The van der Waals surface area contributed by atoms with Gasteiger partial charge in [-0.1, -0.05) is 6.07 Å². The average Bonchev–Trinajstić information content (AvgIpc) is 2.49. The third-order valence-corrected chi connectivity index (χ3v) is 3.76. The number of halogens is 2. The van der Waals surface area contributed by atoms with Gasteiger partial charge in [-0.3, -0.25) is 9.69 Å². The van der Waals surface area contributed by atoms with E-state index in [0.717, 1.165) is 19.4 Å². The first kappa shape index (κ1) is 15.9. The average molecular weight is 297 g/mol. The van der Waals surface area contributed by atoms with Crippen molar-refractivity contribution in [3.63, 3.8) is 0 Å². The Balaban J connectivity index is 1.96. The van der Waals surface area contributed by atoms with Crippen molar-refractivity contribution in [1.29, 1.82) is 0 Å². The Bertz CT molecular complexity index is 476. The summed E-state index contributed by atoms with van der Waals surface area (Å²) in [6.45, 7) is 2.32. The maximum atomic E-state index is 13.7. The van der Waals surface area contributed by atoms with Gasteiger partial charge in [-0.05, 0) is 31.5 Å². The Kier molecular flexibility index (Phi) is 5.64. The highest BCUT2D eigenvalue weighted by Crippen LogP contribution is 2.21. The van der Waals surface area contributed by atoms with E-state index in [1.165, 1.54) is 18.2 Å². The molecular formula is C15H21F2N3O. The van der Waals surface area contributed by atoms with Crippen molar-refractivity contribution in [2.24, 2.45) is 11.7 Å². The summed E-state index contributed by atoms with van der Waals surface area (Å²) in [5.41, 5.74) is 5.43. The highest BCUT2D eigenvalue weighted by Gasteiger charge is 2.26. The van der Waals surface area contributed by atoms with Gasteiger partial charge in [-0.25, -0.2) is 8.78 Å². The van der Waals surface area contributed by atoms with Crippen LogP contribution in [0.5, 0.6) is 0 Å². The number of nitrogens with one attached hydrogen (secondary N) is 1.